The Hall–Kier alpha value is -0.110. The molecule has 0 spiro atoms. The molecular formula is C7H15NS. The molecule has 0 heterocycles. The van der Waals surface area contributed by atoms with Gasteiger partial charge in [0.2, 0.25) is 0 Å². The van der Waals surface area contributed by atoms with Crippen molar-refractivity contribution in [2.45, 2.75) is 12.2 Å². The van der Waals surface area contributed by atoms with Gasteiger partial charge in [0.15, 0.2) is 0 Å². The van der Waals surface area contributed by atoms with Gasteiger partial charge >= 0.3 is 0 Å². The number of rotatable bonds is 3. The highest BCUT2D eigenvalue weighted by Crippen LogP contribution is 2.05. The summed E-state index contributed by atoms with van der Waals surface area (Å²) in [5.74, 6) is 0. The van der Waals surface area contributed by atoms with Gasteiger partial charge < -0.3 is 4.90 Å². The van der Waals surface area contributed by atoms with Crippen LogP contribution in [0.5, 0.6) is 0 Å². The zero-order valence-corrected chi connectivity index (χ0v) is 7.40. The van der Waals surface area contributed by atoms with Crippen molar-refractivity contribution in [1.29, 1.82) is 0 Å². The molecule has 1 unspecified atom stereocenters. The predicted octanol–water partition coefficient (Wildman–Crippen LogP) is 1.81. The first-order valence-electron chi connectivity index (χ1n) is 3.04. The largest absolute Gasteiger partial charge is 0.384 e. The molecule has 0 aromatic carbocycles. The standard InChI is InChI=1S/C7H15NS/c1-7(9-4)5-6-8(2)3/h5-7H,1-4H3. The second kappa shape index (κ2) is 4.74. The van der Waals surface area contributed by atoms with E-state index in [1.165, 1.54) is 0 Å². The van der Waals surface area contributed by atoms with Gasteiger partial charge in [-0.1, -0.05) is 6.08 Å². The van der Waals surface area contributed by atoms with E-state index in [0.717, 1.165) is 0 Å². The minimum absolute atomic E-state index is 0.632. The molecule has 9 heavy (non-hydrogen) atoms. The molecule has 2 heteroatoms. The van der Waals surface area contributed by atoms with Crippen LogP contribution in [0.3, 0.4) is 0 Å². The summed E-state index contributed by atoms with van der Waals surface area (Å²) in [4.78, 5) is 2.05. The summed E-state index contributed by atoms with van der Waals surface area (Å²) in [5, 5.41) is 0.632. The first kappa shape index (κ1) is 8.89. The van der Waals surface area contributed by atoms with Crippen molar-refractivity contribution in [3.05, 3.63) is 12.3 Å². The molecule has 0 saturated carbocycles. The Bertz CT molecular complexity index is 88.9. The summed E-state index contributed by atoms with van der Waals surface area (Å²) >= 11 is 1.85. The van der Waals surface area contributed by atoms with Crippen molar-refractivity contribution in [1.82, 2.24) is 4.90 Å². The third-order valence-electron chi connectivity index (χ3n) is 1.03. The highest BCUT2D eigenvalue weighted by molar-refractivity contribution is 7.99. The monoisotopic (exact) mass is 145 g/mol. The third-order valence-corrected chi connectivity index (χ3v) is 1.93. The van der Waals surface area contributed by atoms with Gasteiger partial charge in [-0.15, -0.1) is 0 Å². The zero-order chi connectivity index (χ0) is 7.28. The lowest BCUT2D eigenvalue weighted by Gasteiger charge is -2.05. The molecule has 0 fully saturated rings. The maximum absolute atomic E-state index is 2.19. The first-order valence-corrected chi connectivity index (χ1v) is 4.33. The van der Waals surface area contributed by atoms with Crippen LogP contribution in [0.1, 0.15) is 6.92 Å². The summed E-state index contributed by atoms with van der Waals surface area (Å²) < 4.78 is 0. The Morgan fingerprint density at radius 1 is 1.44 bits per heavy atom. The third kappa shape index (κ3) is 5.77. The van der Waals surface area contributed by atoms with Crippen molar-refractivity contribution in [2.75, 3.05) is 20.4 Å². The van der Waals surface area contributed by atoms with Gasteiger partial charge in [0.1, 0.15) is 0 Å². The molecule has 0 bridgehead atoms. The Morgan fingerprint density at radius 2 is 2.00 bits per heavy atom. The highest BCUT2D eigenvalue weighted by Gasteiger charge is 1.89. The fourth-order valence-corrected chi connectivity index (χ4v) is 0.599. The molecule has 54 valence electrons. The van der Waals surface area contributed by atoms with Gasteiger partial charge in [-0.3, -0.25) is 0 Å². The molecule has 0 rings (SSSR count). The van der Waals surface area contributed by atoms with Crippen LogP contribution < -0.4 is 0 Å². The Kier molecular flexibility index (Phi) is 4.68. The molecule has 0 amide bonds. The Balaban J connectivity index is 3.43. The molecule has 0 saturated heterocycles. The van der Waals surface area contributed by atoms with Crippen LogP contribution in [0.15, 0.2) is 12.3 Å². The van der Waals surface area contributed by atoms with Crippen LogP contribution in [0.2, 0.25) is 0 Å². The Labute approximate surface area is 62.1 Å². The molecule has 1 nitrogen and oxygen atoms in total. The molecule has 0 aliphatic rings. The lowest BCUT2D eigenvalue weighted by molar-refractivity contribution is 0.562. The maximum Gasteiger partial charge on any atom is 0.0212 e. The average molecular weight is 145 g/mol. The van der Waals surface area contributed by atoms with Gasteiger partial charge in [-0.2, -0.15) is 11.8 Å². The van der Waals surface area contributed by atoms with Crippen LogP contribution in [0.25, 0.3) is 0 Å². The van der Waals surface area contributed by atoms with E-state index in [9.17, 15) is 0 Å². The normalized spacial score (nSPS) is 14.2. The smallest absolute Gasteiger partial charge is 0.0212 e. The minimum atomic E-state index is 0.632. The highest BCUT2D eigenvalue weighted by atomic mass is 32.2. The van der Waals surface area contributed by atoms with Crippen molar-refractivity contribution >= 4 is 11.8 Å². The van der Waals surface area contributed by atoms with Gasteiger partial charge in [0.05, 0.1) is 0 Å². The minimum Gasteiger partial charge on any atom is -0.384 e. The topological polar surface area (TPSA) is 3.24 Å². The van der Waals surface area contributed by atoms with E-state index < -0.39 is 0 Å². The lowest BCUT2D eigenvalue weighted by Crippen LogP contribution is -2.01. The van der Waals surface area contributed by atoms with E-state index >= 15 is 0 Å². The van der Waals surface area contributed by atoms with Crippen LogP contribution in [-0.4, -0.2) is 30.5 Å². The van der Waals surface area contributed by atoms with Crippen LogP contribution >= 0.6 is 11.8 Å². The van der Waals surface area contributed by atoms with E-state index in [0.29, 0.717) is 5.25 Å². The Morgan fingerprint density at radius 3 is 2.33 bits per heavy atom. The molecule has 0 N–H and O–H groups in total. The molecule has 0 aromatic heterocycles. The van der Waals surface area contributed by atoms with Crippen molar-refractivity contribution in [2.24, 2.45) is 0 Å². The molecule has 0 aliphatic heterocycles. The van der Waals surface area contributed by atoms with Crippen LogP contribution in [0.4, 0.5) is 0 Å². The van der Waals surface area contributed by atoms with E-state index in [1.807, 2.05) is 30.8 Å². The number of hydrogen-bond acceptors (Lipinski definition) is 2. The van der Waals surface area contributed by atoms with E-state index in [-0.39, 0.29) is 0 Å². The van der Waals surface area contributed by atoms with E-state index in [2.05, 4.69) is 25.5 Å². The van der Waals surface area contributed by atoms with Gasteiger partial charge in [0, 0.05) is 19.3 Å². The molecular weight excluding hydrogens is 130 g/mol. The summed E-state index contributed by atoms with van der Waals surface area (Å²) in [6.07, 6.45) is 6.39. The van der Waals surface area contributed by atoms with Gasteiger partial charge in [-0.05, 0) is 19.4 Å². The first-order chi connectivity index (χ1) is 4.16. The van der Waals surface area contributed by atoms with Gasteiger partial charge in [0.25, 0.3) is 0 Å². The van der Waals surface area contributed by atoms with E-state index in [1.54, 1.807) is 0 Å². The molecule has 0 radical (unpaired) electrons. The van der Waals surface area contributed by atoms with Crippen molar-refractivity contribution in [3.8, 4) is 0 Å². The second-order valence-electron chi connectivity index (χ2n) is 2.25. The predicted molar refractivity (Wildman–Crippen MR) is 45.8 cm³/mol. The van der Waals surface area contributed by atoms with Crippen LogP contribution in [0, 0.1) is 0 Å². The quantitative estimate of drug-likeness (QED) is 0.596. The summed E-state index contributed by atoms with van der Waals surface area (Å²) in [5.41, 5.74) is 0. The second-order valence-corrected chi connectivity index (χ2v) is 3.46. The van der Waals surface area contributed by atoms with Gasteiger partial charge in [-0.25, -0.2) is 0 Å². The fourth-order valence-electron chi connectivity index (χ4n) is 0.372. The van der Waals surface area contributed by atoms with Crippen molar-refractivity contribution in [3.63, 3.8) is 0 Å². The summed E-state index contributed by atoms with van der Waals surface area (Å²) in [7, 11) is 4.06. The molecule has 0 aromatic rings. The van der Waals surface area contributed by atoms with Crippen LogP contribution in [-0.2, 0) is 0 Å². The van der Waals surface area contributed by atoms with E-state index in [4.69, 9.17) is 0 Å². The number of hydrogen-bond donors (Lipinski definition) is 0. The molecule has 1 atom stereocenters. The number of nitrogens with zero attached hydrogens (tertiary/aromatic N) is 1. The summed E-state index contributed by atoms with van der Waals surface area (Å²) in [6.45, 7) is 2.19. The average Bonchev–Trinajstić information content (AvgIpc) is 1.83. The van der Waals surface area contributed by atoms with Crippen molar-refractivity contribution < 1.29 is 0 Å². The SMILES string of the molecule is CSC(C)C=CN(C)C. The lowest BCUT2D eigenvalue weighted by atomic mass is 10.4. The molecule has 0 aliphatic carbocycles. The summed E-state index contributed by atoms with van der Waals surface area (Å²) in [6, 6.07) is 0. The number of thioether (sulfide) groups is 1. The maximum atomic E-state index is 2.19. The fraction of sp³-hybridized carbons (Fsp3) is 0.714. The zero-order valence-electron chi connectivity index (χ0n) is 6.59.